The summed E-state index contributed by atoms with van der Waals surface area (Å²) in [4.78, 5) is 13.7. The highest BCUT2D eigenvalue weighted by Gasteiger charge is 2.07. The maximum atomic E-state index is 11.5. The molecule has 1 N–H and O–H groups in total. The molecule has 0 aliphatic carbocycles. The molecule has 1 aromatic heterocycles. The fraction of sp³-hybridized carbons (Fsp3) is 0.400. The number of rotatable bonds is 4. The third-order valence-corrected chi connectivity index (χ3v) is 2.82. The second kappa shape index (κ2) is 8.20. The number of morpholine rings is 1. The van der Waals surface area contributed by atoms with Gasteiger partial charge in [-0.2, -0.15) is 0 Å². The molecule has 0 bridgehead atoms. The number of ether oxygens (including phenoxy) is 1. The minimum absolute atomic E-state index is 0.179. The summed E-state index contributed by atoms with van der Waals surface area (Å²) in [5.41, 5.74) is 0. The van der Waals surface area contributed by atoms with Gasteiger partial charge in [0.2, 0.25) is 5.91 Å². The van der Waals surface area contributed by atoms with E-state index in [2.05, 4.69) is 22.1 Å². The number of nitrogens with zero attached hydrogens (tertiary/aromatic N) is 1. The quantitative estimate of drug-likeness (QED) is 0.650. The highest BCUT2D eigenvalue weighted by Crippen LogP contribution is 2.01. The second-order valence-corrected chi connectivity index (χ2v) is 4.31. The van der Waals surface area contributed by atoms with Gasteiger partial charge in [0.05, 0.1) is 32.6 Å². The van der Waals surface area contributed by atoms with Crippen molar-refractivity contribution >= 4 is 12.0 Å². The van der Waals surface area contributed by atoms with Gasteiger partial charge in [0.25, 0.3) is 0 Å². The van der Waals surface area contributed by atoms with Crippen LogP contribution in [0.3, 0.4) is 0 Å². The molecular formula is C15H18N2O3. The van der Waals surface area contributed by atoms with Gasteiger partial charge in [0.1, 0.15) is 5.76 Å². The zero-order valence-corrected chi connectivity index (χ0v) is 11.3. The van der Waals surface area contributed by atoms with Crippen LogP contribution in [0.5, 0.6) is 0 Å². The van der Waals surface area contributed by atoms with Crippen molar-refractivity contribution in [2.75, 3.05) is 39.4 Å². The van der Waals surface area contributed by atoms with Crippen LogP contribution in [0.2, 0.25) is 0 Å². The number of amides is 1. The van der Waals surface area contributed by atoms with Crippen LogP contribution in [0.4, 0.5) is 0 Å². The molecule has 1 fully saturated rings. The van der Waals surface area contributed by atoms with E-state index in [-0.39, 0.29) is 5.91 Å². The molecule has 20 heavy (non-hydrogen) atoms. The van der Waals surface area contributed by atoms with E-state index in [9.17, 15) is 4.79 Å². The third-order valence-electron chi connectivity index (χ3n) is 2.82. The molecular weight excluding hydrogens is 256 g/mol. The number of furan rings is 1. The van der Waals surface area contributed by atoms with Gasteiger partial charge in [-0.1, -0.05) is 11.8 Å². The van der Waals surface area contributed by atoms with Gasteiger partial charge in [-0.15, -0.1) is 0 Å². The fourth-order valence-electron chi connectivity index (χ4n) is 1.72. The minimum Gasteiger partial charge on any atom is -0.465 e. The van der Waals surface area contributed by atoms with E-state index < -0.39 is 0 Å². The van der Waals surface area contributed by atoms with Crippen molar-refractivity contribution < 1.29 is 13.9 Å². The molecule has 1 saturated heterocycles. The van der Waals surface area contributed by atoms with Crippen LogP contribution in [-0.2, 0) is 9.53 Å². The summed E-state index contributed by atoms with van der Waals surface area (Å²) in [6, 6.07) is 3.56. The molecule has 1 amide bonds. The summed E-state index contributed by atoms with van der Waals surface area (Å²) in [6.45, 7) is 4.47. The Balaban J connectivity index is 1.61. The first kappa shape index (κ1) is 14.4. The van der Waals surface area contributed by atoms with Gasteiger partial charge in [0, 0.05) is 19.2 Å². The Labute approximate surface area is 118 Å². The first-order valence-corrected chi connectivity index (χ1v) is 6.60. The van der Waals surface area contributed by atoms with Crippen LogP contribution in [0.1, 0.15) is 5.76 Å². The molecule has 1 aliphatic heterocycles. The summed E-state index contributed by atoms with van der Waals surface area (Å²) in [7, 11) is 0. The molecule has 106 valence electrons. The van der Waals surface area contributed by atoms with Crippen molar-refractivity contribution in [2.45, 2.75) is 0 Å². The van der Waals surface area contributed by atoms with E-state index in [4.69, 9.17) is 9.15 Å². The number of carbonyl (C=O) groups is 1. The lowest BCUT2D eigenvalue weighted by Gasteiger charge is -2.24. The van der Waals surface area contributed by atoms with Crippen LogP contribution in [0.25, 0.3) is 6.08 Å². The molecule has 0 radical (unpaired) electrons. The number of hydrogen-bond acceptors (Lipinski definition) is 4. The molecule has 1 aromatic rings. The average Bonchev–Trinajstić information content (AvgIpc) is 2.99. The van der Waals surface area contributed by atoms with Crippen LogP contribution in [0.15, 0.2) is 28.9 Å². The van der Waals surface area contributed by atoms with Crippen molar-refractivity contribution in [2.24, 2.45) is 0 Å². The molecule has 0 atom stereocenters. The fourth-order valence-corrected chi connectivity index (χ4v) is 1.72. The molecule has 0 saturated carbocycles. The van der Waals surface area contributed by atoms with E-state index >= 15 is 0 Å². The second-order valence-electron chi connectivity index (χ2n) is 4.31. The lowest BCUT2D eigenvalue weighted by molar-refractivity contribution is -0.116. The van der Waals surface area contributed by atoms with E-state index in [1.165, 1.54) is 6.08 Å². The van der Waals surface area contributed by atoms with Gasteiger partial charge >= 0.3 is 0 Å². The van der Waals surface area contributed by atoms with Gasteiger partial charge in [0.15, 0.2) is 0 Å². The van der Waals surface area contributed by atoms with Gasteiger partial charge < -0.3 is 14.5 Å². The molecule has 2 heterocycles. The maximum absolute atomic E-state index is 11.5. The van der Waals surface area contributed by atoms with E-state index in [0.717, 1.165) is 32.8 Å². The summed E-state index contributed by atoms with van der Waals surface area (Å²) < 4.78 is 10.3. The first-order chi connectivity index (χ1) is 9.84. The van der Waals surface area contributed by atoms with Crippen molar-refractivity contribution in [1.82, 2.24) is 10.2 Å². The summed E-state index contributed by atoms with van der Waals surface area (Å²) >= 11 is 0. The normalized spacial score (nSPS) is 15.8. The van der Waals surface area contributed by atoms with Crippen molar-refractivity contribution in [3.8, 4) is 11.8 Å². The number of nitrogens with one attached hydrogen (secondary N) is 1. The molecule has 0 unspecified atom stereocenters. The predicted octanol–water partition coefficient (Wildman–Crippen LogP) is 0.745. The molecule has 5 heteroatoms. The van der Waals surface area contributed by atoms with Gasteiger partial charge in [-0.3, -0.25) is 9.69 Å². The Kier molecular flexibility index (Phi) is 5.90. The predicted molar refractivity (Wildman–Crippen MR) is 75.8 cm³/mol. The standard InChI is InChI=1S/C15H18N2O3/c18-15(6-5-14-4-3-11-20-14)16-7-1-2-8-17-9-12-19-13-10-17/h3-6,11H,7-10,12-13H2,(H,16,18)/b6-5+. The summed E-state index contributed by atoms with van der Waals surface area (Å²) in [6.07, 6.45) is 4.62. The van der Waals surface area contributed by atoms with Crippen LogP contribution in [-0.4, -0.2) is 50.2 Å². The van der Waals surface area contributed by atoms with Crippen LogP contribution < -0.4 is 5.32 Å². The Morgan fingerprint density at radius 1 is 1.40 bits per heavy atom. The summed E-state index contributed by atoms with van der Waals surface area (Å²) in [5, 5.41) is 2.70. The highest BCUT2D eigenvalue weighted by molar-refractivity contribution is 5.91. The maximum Gasteiger partial charge on any atom is 0.244 e. The highest BCUT2D eigenvalue weighted by atomic mass is 16.5. The van der Waals surface area contributed by atoms with E-state index in [1.54, 1.807) is 24.5 Å². The topological polar surface area (TPSA) is 54.7 Å². The van der Waals surface area contributed by atoms with Crippen LogP contribution in [0, 0.1) is 11.8 Å². The van der Waals surface area contributed by atoms with Crippen LogP contribution >= 0.6 is 0 Å². The number of hydrogen-bond donors (Lipinski definition) is 1. The zero-order valence-electron chi connectivity index (χ0n) is 11.3. The first-order valence-electron chi connectivity index (χ1n) is 6.60. The Hall–Kier alpha value is -2.03. The Morgan fingerprint density at radius 3 is 3.00 bits per heavy atom. The molecule has 0 spiro atoms. The largest absolute Gasteiger partial charge is 0.465 e. The minimum atomic E-state index is -0.179. The average molecular weight is 274 g/mol. The zero-order chi connectivity index (χ0) is 14.0. The molecule has 2 rings (SSSR count). The van der Waals surface area contributed by atoms with E-state index in [0.29, 0.717) is 12.3 Å². The van der Waals surface area contributed by atoms with Gasteiger partial charge in [-0.05, 0) is 18.2 Å². The summed E-state index contributed by atoms with van der Waals surface area (Å²) in [5.74, 6) is 6.45. The molecule has 0 aromatic carbocycles. The van der Waals surface area contributed by atoms with E-state index in [1.807, 2.05) is 0 Å². The SMILES string of the molecule is O=C(/C=C/c1ccco1)NCC#CCN1CCOCC1. The lowest BCUT2D eigenvalue weighted by Crippen LogP contribution is -2.36. The molecule has 1 aliphatic rings. The smallest absolute Gasteiger partial charge is 0.244 e. The van der Waals surface area contributed by atoms with Crippen molar-refractivity contribution in [3.05, 3.63) is 30.2 Å². The monoisotopic (exact) mass is 274 g/mol. The Bertz CT molecular complexity index is 491. The lowest BCUT2D eigenvalue weighted by atomic mass is 10.4. The van der Waals surface area contributed by atoms with Gasteiger partial charge in [-0.25, -0.2) is 0 Å². The molecule has 5 nitrogen and oxygen atoms in total. The van der Waals surface area contributed by atoms with Crippen molar-refractivity contribution in [3.63, 3.8) is 0 Å². The Morgan fingerprint density at radius 2 is 2.25 bits per heavy atom. The van der Waals surface area contributed by atoms with Crippen molar-refractivity contribution in [1.29, 1.82) is 0 Å². The third kappa shape index (κ3) is 5.31. The number of carbonyl (C=O) groups excluding carboxylic acids is 1.